The molecule has 1 unspecified atom stereocenters. The molecule has 2 aromatic rings. The van der Waals surface area contributed by atoms with Gasteiger partial charge in [0.05, 0.1) is 11.3 Å². The fourth-order valence-electron chi connectivity index (χ4n) is 2.13. The summed E-state index contributed by atoms with van der Waals surface area (Å²) < 4.78 is 0. The Bertz CT molecular complexity index is 669. The van der Waals surface area contributed by atoms with Crippen molar-refractivity contribution in [2.24, 2.45) is 5.92 Å². The van der Waals surface area contributed by atoms with Crippen molar-refractivity contribution in [3.8, 4) is 0 Å². The van der Waals surface area contributed by atoms with Crippen molar-refractivity contribution in [3.63, 3.8) is 0 Å². The van der Waals surface area contributed by atoms with Crippen LogP contribution in [-0.4, -0.2) is 26.3 Å². The summed E-state index contributed by atoms with van der Waals surface area (Å²) in [5, 5.41) is 14.7. The minimum absolute atomic E-state index is 0.223. The first kappa shape index (κ1) is 12.3. The Morgan fingerprint density at radius 3 is 2.67 bits per heavy atom. The Morgan fingerprint density at radius 2 is 2.06 bits per heavy atom. The Kier molecular flexibility index (Phi) is 2.94. The quantitative estimate of drug-likeness (QED) is 0.759. The van der Waals surface area contributed by atoms with Gasteiger partial charge in [0.1, 0.15) is 0 Å². The standard InChI is InChI=1S/C12H15N3O3/c1-5(12(17)18)4-8-6(2)9-10(13-7(8)3)14-15-11(9)16/h5H,4H2,1-3H3,(H,17,18)(H2,13,14,15,16). The first-order valence-electron chi connectivity index (χ1n) is 5.71. The van der Waals surface area contributed by atoms with E-state index < -0.39 is 11.9 Å². The zero-order chi connectivity index (χ0) is 13.4. The number of aromatic amines is 2. The lowest BCUT2D eigenvalue weighted by Gasteiger charge is -2.12. The van der Waals surface area contributed by atoms with Crippen LogP contribution in [0.4, 0.5) is 0 Å². The van der Waals surface area contributed by atoms with Gasteiger partial charge in [0.15, 0.2) is 5.65 Å². The minimum atomic E-state index is -0.850. The van der Waals surface area contributed by atoms with Gasteiger partial charge in [-0.15, -0.1) is 0 Å². The molecule has 0 aliphatic carbocycles. The Hall–Kier alpha value is -2.11. The van der Waals surface area contributed by atoms with Crippen molar-refractivity contribution in [1.29, 1.82) is 0 Å². The van der Waals surface area contributed by atoms with Gasteiger partial charge < -0.3 is 5.11 Å². The molecule has 2 heterocycles. The zero-order valence-electron chi connectivity index (χ0n) is 10.5. The molecule has 96 valence electrons. The molecule has 0 saturated carbocycles. The molecule has 0 spiro atoms. The summed E-state index contributed by atoms with van der Waals surface area (Å²) in [6.07, 6.45) is 0.376. The van der Waals surface area contributed by atoms with Gasteiger partial charge in [-0.1, -0.05) is 6.92 Å². The number of carboxylic acids is 1. The van der Waals surface area contributed by atoms with Crippen LogP contribution in [-0.2, 0) is 11.2 Å². The zero-order valence-corrected chi connectivity index (χ0v) is 10.5. The Labute approximate surface area is 103 Å². The number of pyridine rings is 1. The molecule has 2 aromatic heterocycles. The van der Waals surface area contributed by atoms with Crippen LogP contribution in [0.3, 0.4) is 0 Å². The summed E-state index contributed by atoms with van der Waals surface area (Å²) in [6.45, 7) is 5.29. The third kappa shape index (κ3) is 1.90. The second kappa shape index (κ2) is 4.29. The lowest BCUT2D eigenvalue weighted by atomic mass is 9.95. The van der Waals surface area contributed by atoms with Crippen LogP contribution in [0, 0.1) is 19.8 Å². The molecule has 6 heteroatoms. The molecule has 0 amide bonds. The number of nitrogens with one attached hydrogen (secondary N) is 2. The van der Waals surface area contributed by atoms with Crippen LogP contribution in [0.2, 0.25) is 0 Å². The summed E-state index contributed by atoms with van der Waals surface area (Å²) in [5.41, 5.74) is 2.68. The van der Waals surface area contributed by atoms with E-state index in [2.05, 4.69) is 15.2 Å². The van der Waals surface area contributed by atoms with Crippen LogP contribution < -0.4 is 5.56 Å². The van der Waals surface area contributed by atoms with Crippen molar-refractivity contribution in [1.82, 2.24) is 15.2 Å². The number of carboxylic acid groups (broad SMARTS) is 1. The van der Waals surface area contributed by atoms with Crippen LogP contribution >= 0.6 is 0 Å². The molecule has 1 atom stereocenters. The van der Waals surface area contributed by atoms with Crippen molar-refractivity contribution < 1.29 is 9.90 Å². The highest BCUT2D eigenvalue weighted by Gasteiger charge is 2.18. The van der Waals surface area contributed by atoms with E-state index in [0.29, 0.717) is 17.5 Å². The first-order chi connectivity index (χ1) is 8.41. The van der Waals surface area contributed by atoms with Gasteiger partial charge in [-0.2, -0.15) is 0 Å². The molecule has 0 fully saturated rings. The average molecular weight is 249 g/mol. The second-order valence-electron chi connectivity index (χ2n) is 4.55. The SMILES string of the molecule is Cc1nc2[nH][nH]c(=O)c2c(C)c1CC(C)C(=O)O. The monoisotopic (exact) mass is 249 g/mol. The van der Waals surface area contributed by atoms with Gasteiger partial charge in [-0.25, -0.2) is 4.98 Å². The number of aliphatic carboxylic acids is 1. The third-order valence-corrected chi connectivity index (χ3v) is 3.23. The van der Waals surface area contributed by atoms with Crippen LogP contribution in [0.25, 0.3) is 11.0 Å². The number of fused-ring (bicyclic) bond motifs is 1. The molecular formula is C12H15N3O3. The fourth-order valence-corrected chi connectivity index (χ4v) is 2.13. The number of aromatic nitrogens is 3. The van der Waals surface area contributed by atoms with Crippen molar-refractivity contribution in [3.05, 3.63) is 27.2 Å². The molecule has 0 aliphatic rings. The van der Waals surface area contributed by atoms with E-state index in [1.807, 2.05) is 13.8 Å². The highest BCUT2D eigenvalue weighted by atomic mass is 16.4. The van der Waals surface area contributed by atoms with Gasteiger partial charge in [-0.3, -0.25) is 19.8 Å². The van der Waals surface area contributed by atoms with E-state index in [0.717, 1.165) is 16.8 Å². The predicted molar refractivity (Wildman–Crippen MR) is 66.7 cm³/mol. The van der Waals surface area contributed by atoms with Crippen molar-refractivity contribution >= 4 is 17.0 Å². The van der Waals surface area contributed by atoms with E-state index >= 15 is 0 Å². The number of hydrogen-bond acceptors (Lipinski definition) is 3. The van der Waals surface area contributed by atoms with Gasteiger partial charge >= 0.3 is 5.97 Å². The maximum atomic E-state index is 11.6. The largest absolute Gasteiger partial charge is 0.481 e. The normalized spacial score (nSPS) is 12.8. The molecule has 18 heavy (non-hydrogen) atoms. The van der Waals surface area contributed by atoms with Crippen LogP contribution in [0.5, 0.6) is 0 Å². The summed E-state index contributed by atoms with van der Waals surface area (Å²) in [6, 6.07) is 0. The van der Waals surface area contributed by atoms with E-state index in [9.17, 15) is 9.59 Å². The average Bonchev–Trinajstić information content (AvgIpc) is 2.65. The van der Waals surface area contributed by atoms with Gasteiger partial charge in [-0.05, 0) is 31.4 Å². The third-order valence-electron chi connectivity index (χ3n) is 3.23. The number of rotatable bonds is 3. The summed E-state index contributed by atoms with van der Waals surface area (Å²) in [5.74, 6) is -1.35. The second-order valence-corrected chi connectivity index (χ2v) is 4.55. The Morgan fingerprint density at radius 1 is 1.39 bits per heavy atom. The molecule has 0 bridgehead atoms. The van der Waals surface area contributed by atoms with Gasteiger partial charge in [0.25, 0.3) is 5.56 Å². The maximum absolute atomic E-state index is 11.6. The number of aryl methyl sites for hydroxylation is 2. The smallest absolute Gasteiger partial charge is 0.306 e. The molecule has 2 rings (SSSR count). The van der Waals surface area contributed by atoms with Gasteiger partial charge in [0, 0.05) is 5.69 Å². The molecular weight excluding hydrogens is 234 g/mol. The van der Waals surface area contributed by atoms with E-state index in [1.165, 1.54) is 0 Å². The maximum Gasteiger partial charge on any atom is 0.306 e. The highest BCUT2D eigenvalue weighted by molar-refractivity contribution is 5.79. The minimum Gasteiger partial charge on any atom is -0.481 e. The molecule has 0 aliphatic heterocycles. The molecule has 3 N–H and O–H groups in total. The Balaban J connectivity index is 2.60. The lowest BCUT2D eigenvalue weighted by molar-refractivity contribution is -0.141. The summed E-state index contributed by atoms with van der Waals surface area (Å²) in [7, 11) is 0. The molecule has 0 radical (unpaired) electrons. The first-order valence-corrected chi connectivity index (χ1v) is 5.71. The number of hydrogen-bond donors (Lipinski definition) is 3. The van der Waals surface area contributed by atoms with E-state index in [1.54, 1.807) is 6.92 Å². The number of nitrogens with zero attached hydrogens (tertiary/aromatic N) is 1. The summed E-state index contributed by atoms with van der Waals surface area (Å²) >= 11 is 0. The fraction of sp³-hybridized carbons (Fsp3) is 0.417. The van der Waals surface area contributed by atoms with E-state index in [-0.39, 0.29) is 5.56 Å². The van der Waals surface area contributed by atoms with E-state index in [4.69, 9.17) is 5.11 Å². The van der Waals surface area contributed by atoms with Crippen molar-refractivity contribution in [2.45, 2.75) is 27.2 Å². The van der Waals surface area contributed by atoms with Crippen LogP contribution in [0.1, 0.15) is 23.7 Å². The topological polar surface area (TPSA) is 98.8 Å². The van der Waals surface area contributed by atoms with Crippen LogP contribution in [0.15, 0.2) is 4.79 Å². The number of H-pyrrole nitrogens is 2. The molecule has 6 nitrogen and oxygen atoms in total. The number of carbonyl (C=O) groups is 1. The predicted octanol–water partition coefficient (Wildman–Crippen LogP) is 1.13. The summed E-state index contributed by atoms with van der Waals surface area (Å²) in [4.78, 5) is 26.8. The lowest BCUT2D eigenvalue weighted by Crippen LogP contribution is -2.15. The molecule has 0 saturated heterocycles. The highest BCUT2D eigenvalue weighted by Crippen LogP contribution is 2.21. The van der Waals surface area contributed by atoms with Crippen molar-refractivity contribution in [2.75, 3.05) is 0 Å². The van der Waals surface area contributed by atoms with Gasteiger partial charge in [0.2, 0.25) is 0 Å². The molecule has 0 aromatic carbocycles.